The molecule has 0 saturated heterocycles. The van der Waals surface area contributed by atoms with Crippen LogP contribution in [0.5, 0.6) is 11.5 Å². The van der Waals surface area contributed by atoms with Gasteiger partial charge in [0.05, 0.1) is 14.2 Å². The molecule has 0 radical (unpaired) electrons. The number of sulfonamides is 1. The molecule has 6 nitrogen and oxygen atoms in total. The highest BCUT2D eigenvalue weighted by atomic mass is 32.2. The number of nitrogens with zero attached hydrogens (tertiary/aromatic N) is 1. The molecule has 27 heavy (non-hydrogen) atoms. The van der Waals surface area contributed by atoms with E-state index in [1.165, 1.54) is 30.2 Å². The van der Waals surface area contributed by atoms with Gasteiger partial charge in [-0.3, -0.25) is 0 Å². The summed E-state index contributed by atoms with van der Waals surface area (Å²) >= 11 is 0. The summed E-state index contributed by atoms with van der Waals surface area (Å²) in [4.78, 5) is 3.57. The number of nitrogens with one attached hydrogen (secondary N) is 1. The third-order valence-corrected chi connectivity index (χ3v) is 6.95. The molecule has 0 bridgehead atoms. The second-order valence-corrected chi connectivity index (χ2v) is 8.64. The molecular weight excluding hydrogens is 364 g/mol. The highest BCUT2D eigenvalue weighted by Crippen LogP contribution is 2.35. The van der Waals surface area contributed by atoms with E-state index in [1.807, 2.05) is 6.92 Å². The van der Waals surface area contributed by atoms with Crippen LogP contribution in [0, 0.1) is 6.92 Å². The van der Waals surface area contributed by atoms with Crippen LogP contribution in [0.15, 0.2) is 41.3 Å². The molecule has 1 aromatic heterocycles. The van der Waals surface area contributed by atoms with Crippen LogP contribution in [-0.4, -0.2) is 38.5 Å². The average molecular weight is 386 g/mol. The van der Waals surface area contributed by atoms with Crippen molar-refractivity contribution in [2.24, 2.45) is 0 Å². The first-order chi connectivity index (χ1) is 12.9. The van der Waals surface area contributed by atoms with Crippen LogP contribution in [0.2, 0.25) is 0 Å². The Hall–Kier alpha value is -2.51. The molecule has 1 aliphatic heterocycles. The molecule has 4 rings (SSSR count). The molecule has 2 heterocycles. The van der Waals surface area contributed by atoms with E-state index in [0.717, 1.165) is 22.2 Å². The SMILES string of the molecule is COc1ccc(OC)c(S(=O)(=O)N2CCc3[nH]c4cc(C)ccc4c3C2)c1. The Labute approximate surface area is 158 Å². The summed E-state index contributed by atoms with van der Waals surface area (Å²) in [6.07, 6.45) is 0.647. The van der Waals surface area contributed by atoms with Crippen molar-refractivity contribution in [3.05, 3.63) is 53.2 Å². The van der Waals surface area contributed by atoms with Crippen LogP contribution < -0.4 is 9.47 Å². The normalized spacial score (nSPS) is 14.9. The summed E-state index contributed by atoms with van der Waals surface area (Å²) < 4.78 is 38.7. The zero-order valence-electron chi connectivity index (χ0n) is 15.6. The number of H-pyrrole nitrogens is 1. The number of hydrogen-bond donors (Lipinski definition) is 1. The third-order valence-electron chi connectivity index (χ3n) is 5.08. The van der Waals surface area contributed by atoms with E-state index in [4.69, 9.17) is 9.47 Å². The van der Waals surface area contributed by atoms with Gasteiger partial charge < -0.3 is 14.5 Å². The van der Waals surface area contributed by atoms with Crippen LogP contribution in [0.1, 0.15) is 16.8 Å². The van der Waals surface area contributed by atoms with E-state index in [9.17, 15) is 8.42 Å². The predicted octanol–water partition coefficient (Wildman–Crippen LogP) is 3.24. The number of aromatic nitrogens is 1. The third kappa shape index (κ3) is 2.96. The van der Waals surface area contributed by atoms with Crippen molar-refractivity contribution >= 4 is 20.9 Å². The Morgan fingerprint density at radius 3 is 2.63 bits per heavy atom. The molecule has 0 amide bonds. The molecule has 3 aromatic rings. The maximum absolute atomic E-state index is 13.3. The second-order valence-electron chi connectivity index (χ2n) is 6.74. The highest BCUT2D eigenvalue weighted by molar-refractivity contribution is 7.89. The number of methoxy groups -OCH3 is 2. The number of benzene rings is 2. The van der Waals surface area contributed by atoms with Crippen LogP contribution in [-0.2, 0) is 23.0 Å². The molecule has 2 aromatic carbocycles. The second kappa shape index (κ2) is 6.58. The fourth-order valence-electron chi connectivity index (χ4n) is 3.64. The number of rotatable bonds is 4. The minimum atomic E-state index is -3.72. The van der Waals surface area contributed by atoms with Gasteiger partial charge in [0.1, 0.15) is 16.4 Å². The van der Waals surface area contributed by atoms with E-state index in [2.05, 4.69) is 23.2 Å². The standard InChI is InChI=1S/C20H22N2O4S/c1-13-4-6-15-16-12-22(9-8-17(16)21-18(15)10-13)27(23,24)20-11-14(25-2)5-7-19(20)26-3/h4-7,10-11,21H,8-9,12H2,1-3H3. The fraction of sp³-hybridized carbons (Fsp3) is 0.300. The maximum atomic E-state index is 13.3. The lowest BCUT2D eigenvalue weighted by Gasteiger charge is -2.27. The zero-order valence-corrected chi connectivity index (χ0v) is 16.4. The molecule has 1 N–H and O–H groups in total. The molecule has 1 aliphatic rings. The Kier molecular flexibility index (Phi) is 4.36. The largest absolute Gasteiger partial charge is 0.497 e. The summed E-state index contributed by atoms with van der Waals surface area (Å²) in [6.45, 7) is 2.80. The molecule has 0 fully saturated rings. The summed E-state index contributed by atoms with van der Waals surface area (Å²) in [5, 5.41) is 1.08. The summed E-state index contributed by atoms with van der Waals surface area (Å²) in [7, 11) is -0.738. The number of fused-ring (bicyclic) bond motifs is 3. The van der Waals surface area contributed by atoms with Crippen LogP contribution in [0.25, 0.3) is 10.9 Å². The topological polar surface area (TPSA) is 71.6 Å². The van der Waals surface area contributed by atoms with Crippen molar-refractivity contribution < 1.29 is 17.9 Å². The van der Waals surface area contributed by atoms with Gasteiger partial charge in [-0.05, 0) is 36.2 Å². The van der Waals surface area contributed by atoms with Crippen LogP contribution in [0.3, 0.4) is 0 Å². The van der Waals surface area contributed by atoms with Crippen molar-refractivity contribution in [3.63, 3.8) is 0 Å². The van der Waals surface area contributed by atoms with E-state index in [0.29, 0.717) is 31.0 Å². The molecular formula is C20H22N2O4S. The van der Waals surface area contributed by atoms with Gasteiger partial charge in [-0.25, -0.2) is 8.42 Å². The van der Waals surface area contributed by atoms with Gasteiger partial charge in [-0.15, -0.1) is 0 Å². The first-order valence-corrected chi connectivity index (χ1v) is 10.2. The minimum absolute atomic E-state index is 0.128. The molecule has 0 saturated carbocycles. The smallest absolute Gasteiger partial charge is 0.247 e. The van der Waals surface area contributed by atoms with Crippen molar-refractivity contribution in [1.29, 1.82) is 0 Å². The summed E-state index contributed by atoms with van der Waals surface area (Å²) in [6, 6.07) is 11.0. The predicted molar refractivity (Wildman–Crippen MR) is 104 cm³/mol. The fourth-order valence-corrected chi connectivity index (χ4v) is 5.22. The average Bonchev–Trinajstić information content (AvgIpc) is 3.03. The van der Waals surface area contributed by atoms with Gasteiger partial charge >= 0.3 is 0 Å². The Bertz CT molecular complexity index is 1120. The van der Waals surface area contributed by atoms with Crippen molar-refractivity contribution in [1.82, 2.24) is 9.29 Å². The van der Waals surface area contributed by atoms with Gasteiger partial charge in [0.15, 0.2) is 0 Å². The molecule has 0 aliphatic carbocycles. The van der Waals surface area contributed by atoms with Crippen LogP contribution in [0.4, 0.5) is 0 Å². The van der Waals surface area contributed by atoms with Gasteiger partial charge in [-0.1, -0.05) is 12.1 Å². The first kappa shape index (κ1) is 17.9. The van der Waals surface area contributed by atoms with E-state index in [1.54, 1.807) is 12.1 Å². The van der Waals surface area contributed by atoms with Gasteiger partial charge in [0.25, 0.3) is 0 Å². The number of aryl methyl sites for hydroxylation is 1. The molecule has 0 spiro atoms. The van der Waals surface area contributed by atoms with E-state index >= 15 is 0 Å². The lowest BCUT2D eigenvalue weighted by molar-refractivity contribution is 0.373. The van der Waals surface area contributed by atoms with Crippen molar-refractivity contribution in [3.8, 4) is 11.5 Å². The lowest BCUT2D eigenvalue weighted by Crippen LogP contribution is -2.36. The number of aromatic amines is 1. The molecule has 142 valence electrons. The Balaban J connectivity index is 1.76. The minimum Gasteiger partial charge on any atom is -0.497 e. The highest BCUT2D eigenvalue weighted by Gasteiger charge is 2.32. The number of hydrogen-bond acceptors (Lipinski definition) is 4. The summed E-state index contributed by atoms with van der Waals surface area (Å²) in [5.41, 5.74) is 4.38. The van der Waals surface area contributed by atoms with Crippen LogP contribution >= 0.6 is 0 Å². The zero-order chi connectivity index (χ0) is 19.2. The summed E-state index contributed by atoms with van der Waals surface area (Å²) in [5.74, 6) is 0.797. The Morgan fingerprint density at radius 2 is 1.89 bits per heavy atom. The number of ether oxygens (including phenoxy) is 2. The van der Waals surface area contributed by atoms with Gasteiger partial charge in [-0.2, -0.15) is 4.31 Å². The maximum Gasteiger partial charge on any atom is 0.247 e. The van der Waals surface area contributed by atoms with Gasteiger partial charge in [0, 0.05) is 42.2 Å². The monoisotopic (exact) mass is 386 g/mol. The molecule has 0 atom stereocenters. The van der Waals surface area contributed by atoms with Crippen molar-refractivity contribution in [2.45, 2.75) is 24.8 Å². The molecule has 0 unspecified atom stereocenters. The Morgan fingerprint density at radius 1 is 1.07 bits per heavy atom. The van der Waals surface area contributed by atoms with E-state index < -0.39 is 10.0 Å². The van der Waals surface area contributed by atoms with E-state index in [-0.39, 0.29) is 4.90 Å². The lowest BCUT2D eigenvalue weighted by atomic mass is 10.1. The van der Waals surface area contributed by atoms with Gasteiger partial charge in [0.2, 0.25) is 10.0 Å². The van der Waals surface area contributed by atoms with Crippen molar-refractivity contribution in [2.75, 3.05) is 20.8 Å². The molecule has 7 heteroatoms. The first-order valence-electron chi connectivity index (χ1n) is 8.76. The quantitative estimate of drug-likeness (QED) is 0.747.